The van der Waals surface area contributed by atoms with Gasteiger partial charge in [0.25, 0.3) is 0 Å². The van der Waals surface area contributed by atoms with Gasteiger partial charge in [0.05, 0.1) is 7.11 Å². The first-order valence-corrected chi connectivity index (χ1v) is 7.74. The van der Waals surface area contributed by atoms with E-state index in [1.165, 1.54) is 37.1 Å². The van der Waals surface area contributed by atoms with Crippen LogP contribution in [0.5, 0.6) is 5.75 Å². The Morgan fingerprint density at radius 3 is 2.70 bits per heavy atom. The van der Waals surface area contributed by atoms with E-state index in [2.05, 4.69) is 0 Å². The smallest absolute Gasteiger partial charge is 0.336 e. The summed E-state index contributed by atoms with van der Waals surface area (Å²) in [6, 6.07) is 9.97. The van der Waals surface area contributed by atoms with E-state index < -0.39 is 17.3 Å². The van der Waals surface area contributed by atoms with Crippen molar-refractivity contribution in [1.29, 1.82) is 0 Å². The molecule has 118 valence electrons. The zero-order valence-corrected chi connectivity index (χ0v) is 13.0. The van der Waals surface area contributed by atoms with Gasteiger partial charge in [-0.25, -0.2) is 13.6 Å². The van der Waals surface area contributed by atoms with E-state index in [0.717, 1.165) is 11.5 Å². The molecular formula is C17H12F2O3S. The molecule has 6 heteroatoms. The summed E-state index contributed by atoms with van der Waals surface area (Å²) in [7, 11) is 1.52. The largest absolute Gasteiger partial charge is 0.497 e. The fourth-order valence-electron chi connectivity index (χ4n) is 2.20. The Hall–Kier alpha value is -2.34. The van der Waals surface area contributed by atoms with Crippen molar-refractivity contribution in [2.75, 3.05) is 7.11 Å². The van der Waals surface area contributed by atoms with Crippen LogP contribution in [0.25, 0.3) is 11.0 Å². The van der Waals surface area contributed by atoms with Gasteiger partial charge >= 0.3 is 5.63 Å². The fraction of sp³-hybridized carbons (Fsp3) is 0.118. The van der Waals surface area contributed by atoms with E-state index >= 15 is 0 Å². The maximum Gasteiger partial charge on any atom is 0.336 e. The molecule has 1 heterocycles. The molecule has 1 aromatic heterocycles. The molecule has 23 heavy (non-hydrogen) atoms. The lowest BCUT2D eigenvalue weighted by molar-refractivity contribution is 0.414. The maximum atomic E-state index is 13.7. The van der Waals surface area contributed by atoms with Crippen molar-refractivity contribution in [2.24, 2.45) is 0 Å². The molecule has 0 saturated heterocycles. The Morgan fingerprint density at radius 1 is 1.13 bits per heavy atom. The molecule has 0 atom stereocenters. The number of thioether (sulfide) groups is 1. The maximum absolute atomic E-state index is 13.7. The molecule has 0 spiro atoms. The number of benzene rings is 2. The van der Waals surface area contributed by atoms with Crippen LogP contribution in [0.15, 0.2) is 56.6 Å². The summed E-state index contributed by atoms with van der Waals surface area (Å²) in [5.41, 5.74) is 0.639. The fourth-order valence-corrected chi connectivity index (χ4v) is 3.12. The van der Waals surface area contributed by atoms with Crippen LogP contribution < -0.4 is 10.4 Å². The average Bonchev–Trinajstić information content (AvgIpc) is 2.53. The number of fused-ring (bicyclic) bond motifs is 1. The van der Waals surface area contributed by atoms with Crippen molar-refractivity contribution < 1.29 is 17.9 Å². The minimum absolute atomic E-state index is 0.321. The summed E-state index contributed by atoms with van der Waals surface area (Å²) < 4.78 is 36.9. The Morgan fingerprint density at radius 2 is 1.96 bits per heavy atom. The summed E-state index contributed by atoms with van der Waals surface area (Å²) in [6.07, 6.45) is 0. The second-order valence-electron chi connectivity index (χ2n) is 4.82. The van der Waals surface area contributed by atoms with Gasteiger partial charge in [0.1, 0.15) is 23.0 Å². The number of rotatable bonds is 4. The van der Waals surface area contributed by atoms with Crippen LogP contribution in [0.4, 0.5) is 8.78 Å². The van der Waals surface area contributed by atoms with Gasteiger partial charge in [-0.1, -0.05) is 0 Å². The average molecular weight is 334 g/mol. The highest BCUT2D eigenvalue weighted by molar-refractivity contribution is 7.98. The van der Waals surface area contributed by atoms with E-state index in [1.54, 1.807) is 18.2 Å². The molecule has 3 aromatic rings. The van der Waals surface area contributed by atoms with Crippen molar-refractivity contribution in [3.8, 4) is 5.75 Å². The third-order valence-electron chi connectivity index (χ3n) is 3.31. The number of halogens is 2. The van der Waals surface area contributed by atoms with Gasteiger partial charge in [-0.2, -0.15) is 0 Å². The van der Waals surface area contributed by atoms with Gasteiger partial charge in [-0.15, -0.1) is 11.8 Å². The van der Waals surface area contributed by atoms with Crippen LogP contribution >= 0.6 is 11.8 Å². The summed E-state index contributed by atoms with van der Waals surface area (Å²) in [5.74, 6) is -0.305. The normalized spacial score (nSPS) is 10.9. The predicted molar refractivity (Wildman–Crippen MR) is 85.0 cm³/mol. The molecule has 0 aliphatic rings. The highest BCUT2D eigenvalue weighted by Crippen LogP contribution is 2.29. The molecule has 0 bridgehead atoms. The van der Waals surface area contributed by atoms with Gasteiger partial charge in [0.2, 0.25) is 0 Å². The molecule has 0 amide bonds. The summed E-state index contributed by atoms with van der Waals surface area (Å²) in [5, 5.41) is 0.750. The molecule has 0 unspecified atom stereocenters. The van der Waals surface area contributed by atoms with Crippen LogP contribution in [-0.2, 0) is 5.75 Å². The zero-order chi connectivity index (χ0) is 16.4. The van der Waals surface area contributed by atoms with E-state index in [1.807, 2.05) is 0 Å². The third-order valence-corrected chi connectivity index (χ3v) is 4.41. The van der Waals surface area contributed by atoms with Gasteiger partial charge in [0.15, 0.2) is 0 Å². The summed E-state index contributed by atoms with van der Waals surface area (Å²) >= 11 is 1.19. The highest BCUT2D eigenvalue weighted by atomic mass is 32.2. The molecule has 0 radical (unpaired) electrons. The second kappa shape index (κ2) is 6.42. The lowest BCUT2D eigenvalue weighted by Crippen LogP contribution is -2.00. The van der Waals surface area contributed by atoms with Gasteiger partial charge in [0, 0.05) is 34.2 Å². The van der Waals surface area contributed by atoms with Crippen LogP contribution in [0.2, 0.25) is 0 Å². The number of hydrogen-bond donors (Lipinski definition) is 0. The molecule has 0 saturated carbocycles. The topological polar surface area (TPSA) is 39.4 Å². The van der Waals surface area contributed by atoms with E-state index in [4.69, 9.17) is 9.15 Å². The molecule has 3 rings (SSSR count). The van der Waals surface area contributed by atoms with Gasteiger partial charge in [-0.05, 0) is 29.8 Å². The predicted octanol–water partition coefficient (Wildman–Crippen LogP) is 4.37. The van der Waals surface area contributed by atoms with Crippen LogP contribution in [0.1, 0.15) is 5.56 Å². The summed E-state index contributed by atoms with van der Waals surface area (Å²) in [6.45, 7) is 0. The SMILES string of the molecule is COc1ccc2c(CSc3ccc(F)cc3F)cc(=O)oc2c1. The molecule has 0 N–H and O–H groups in total. The molecule has 2 aromatic carbocycles. The zero-order valence-electron chi connectivity index (χ0n) is 12.1. The molecule has 0 fully saturated rings. The number of hydrogen-bond acceptors (Lipinski definition) is 4. The quantitative estimate of drug-likeness (QED) is 0.525. The molecule has 3 nitrogen and oxygen atoms in total. The molecular weight excluding hydrogens is 322 g/mol. The number of ether oxygens (including phenoxy) is 1. The number of methoxy groups -OCH3 is 1. The van der Waals surface area contributed by atoms with Crippen molar-refractivity contribution in [2.45, 2.75) is 10.6 Å². The Kier molecular flexibility index (Phi) is 4.34. The van der Waals surface area contributed by atoms with Gasteiger partial charge < -0.3 is 9.15 Å². The first-order chi connectivity index (χ1) is 11.1. The minimum Gasteiger partial charge on any atom is -0.497 e. The van der Waals surface area contributed by atoms with Crippen molar-refractivity contribution in [3.63, 3.8) is 0 Å². The monoisotopic (exact) mass is 334 g/mol. The van der Waals surface area contributed by atoms with Crippen LogP contribution in [0, 0.1) is 11.6 Å². The van der Waals surface area contributed by atoms with Crippen molar-refractivity contribution in [3.05, 3.63) is 70.1 Å². The van der Waals surface area contributed by atoms with Crippen molar-refractivity contribution >= 4 is 22.7 Å². The second-order valence-corrected chi connectivity index (χ2v) is 5.83. The van der Waals surface area contributed by atoms with E-state index in [9.17, 15) is 13.6 Å². The molecule has 0 aliphatic heterocycles. The Labute approximate surface area is 134 Å². The lowest BCUT2D eigenvalue weighted by Gasteiger charge is -2.07. The Balaban J connectivity index is 1.94. The lowest BCUT2D eigenvalue weighted by atomic mass is 10.1. The minimum atomic E-state index is -0.621. The first-order valence-electron chi connectivity index (χ1n) is 6.75. The Bertz CT molecular complexity index is 921. The van der Waals surface area contributed by atoms with E-state index in [0.29, 0.717) is 27.5 Å². The van der Waals surface area contributed by atoms with Gasteiger partial charge in [-0.3, -0.25) is 0 Å². The summed E-state index contributed by atoms with van der Waals surface area (Å²) in [4.78, 5) is 12.0. The highest BCUT2D eigenvalue weighted by Gasteiger charge is 2.10. The molecule has 0 aliphatic carbocycles. The first kappa shape index (κ1) is 15.6. The van der Waals surface area contributed by atoms with Crippen molar-refractivity contribution in [1.82, 2.24) is 0 Å². The van der Waals surface area contributed by atoms with Crippen LogP contribution in [0.3, 0.4) is 0 Å². The third kappa shape index (κ3) is 3.37. The standard InChI is InChI=1S/C17H12F2O3S/c1-21-12-3-4-13-10(6-17(20)22-15(13)8-12)9-23-16-5-2-11(18)7-14(16)19/h2-8H,9H2,1H3. The van der Waals surface area contributed by atoms with Crippen LogP contribution in [-0.4, -0.2) is 7.11 Å². The van der Waals surface area contributed by atoms with E-state index in [-0.39, 0.29) is 0 Å².